The van der Waals surface area contributed by atoms with Crippen molar-refractivity contribution in [3.05, 3.63) is 64.5 Å². The minimum Gasteiger partial charge on any atom is -0.345 e. The van der Waals surface area contributed by atoms with Gasteiger partial charge in [0.15, 0.2) is 0 Å². The van der Waals surface area contributed by atoms with Gasteiger partial charge in [0.2, 0.25) is 5.91 Å². The Morgan fingerprint density at radius 1 is 1.22 bits per heavy atom. The van der Waals surface area contributed by atoms with Crippen molar-refractivity contribution in [2.45, 2.75) is 24.8 Å². The van der Waals surface area contributed by atoms with Crippen LogP contribution in [0, 0.1) is 16.0 Å². The third-order valence-corrected chi connectivity index (χ3v) is 5.11. The first kappa shape index (κ1) is 18.9. The number of benzene rings is 2. The summed E-state index contributed by atoms with van der Waals surface area (Å²) in [6, 6.07) is 13.7. The van der Waals surface area contributed by atoms with Gasteiger partial charge in [-0.25, -0.2) is 4.98 Å². The van der Waals surface area contributed by atoms with Crippen LogP contribution in [0.4, 0.5) is 5.69 Å². The zero-order valence-corrected chi connectivity index (χ0v) is 15.8. The van der Waals surface area contributed by atoms with Gasteiger partial charge in [-0.3, -0.25) is 14.9 Å². The van der Waals surface area contributed by atoms with Gasteiger partial charge in [0, 0.05) is 17.0 Å². The van der Waals surface area contributed by atoms with Crippen LogP contribution in [0.2, 0.25) is 0 Å². The first-order valence-corrected chi connectivity index (χ1v) is 9.54. The molecule has 0 spiro atoms. The van der Waals surface area contributed by atoms with E-state index in [2.05, 4.69) is 15.3 Å². The molecule has 0 aliphatic rings. The summed E-state index contributed by atoms with van der Waals surface area (Å²) in [7, 11) is 0. The fourth-order valence-electron chi connectivity index (χ4n) is 2.70. The number of carbonyl (C=O) groups excluding carboxylic acids is 1. The van der Waals surface area contributed by atoms with Gasteiger partial charge >= 0.3 is 0 Å². The van der Waals surface area contributed by atoms with Crippen molar-refractivity contribution >= 4 is 34.4 Å². The fourth-order valence-corrected chi connectivity index (χ4v) is 3.41. The van der Waals surface area contributed by atoms with E-state index >= 15 is 0 Å². The smallest absolute Gasteiger partial charge is 0.269 e. The normalized spacial score (nSPS) is 12.3. The quantitative estimate of drug-likeness (QED) is 0.363. The number of hydrogen-bond donors (Lipinski definition) is 2. The first-order valence-electron chi connectivity index (χ1n) is 8.55. The Morgan fingerprint density at radius 2 is 1.93 bits per heavy atom. The van der Waals surface area contributed by atoms with Gasteiger partial charge in [0.05, 0.1) is 27.8 Å². The summed E-state index contributed by atoms with van der Waals surface area (Å²) in [4.78, 5) is 31.3. The molecule has 1 aromatic heterocycles. The second kappa shape index (κ2) is 8.22. The summed E-state index contributed by atoms with van der Waals surface area (Å²) in [6.07, 6.45) is 0. The third-order valence-electron chi connectivity index (χ3n) is 4.10. The van der Waals surface area contributed by atoms with E-state index in [-0.39, 0.29) is 29.3 Å². The van der Waals surface area contributed by atoms with Crippen LogP contribution >= 0.6 is 11.8 Å². The highest BCUT2D eigenvalue weighted by atomic mass is 32.2. The molecule has 1 unspecified atom stereocenters. The van der Waals surface area contributed by atoms with E-state index in [0.717, 1.165) is 21.8 Å². The molecule has 0 aliphatic carbocycles. The average Bonchev–Trinajstić information content (AvgIpc) is 3.08. The van der Waals surface area contributed by atoms with Crippen molar-refractivity contribution < 1.29 is 9.72 Å². The molecule has 0 saturated carbocycles. The molecule has 140 valence electrons. The molecule has 1 atom stereocenters. The molecule has 0 fully saturated rings. The van der Waals surface area contributed by atoms with Crippen LogP contribution in [-0.4, -0.2) is 26.6 Å². The maximum absolute atomic E-state index is 12.4. The predicted molar refractivity (Wildman–Crippen MR) is 106 cm³/mol. The molecular weight excluding hydrogens is 364 g/mol. The number of nitro benzene ring substituents is 1. The number of fused-ring (bicyclic) bond motifs is 1. The maximum Gasteiger partial charge on any atom is 0.269 e. The highest BCUT2D eigenvalue weighted by Crippen LogP contribution is 2.24. The lowest BCUT2D eigenvalue weighted by Gasteiger charge is -2.20. The molecule has 0 bridgehead atoms. The minimum absolute atomic E-state index is 0.0357. The average molecular weight is 384 g/mol. The molecule has 7 nitrogen and oxygen atoms in total. The Bertz CT molecular complexity index is 920. The van der Waals surface area contributed by atoms with E-state index in [0.29, 0.717) is 0 Å². The standard InChI is InChI=1S/C19H20N4O3S/c1-12(2)18(19-20-15-5-3-4-6-16(15)21-19)22-17(24)11-27-14-9-7-13(8-10-14)23(25)26/h3-10,12,18H,11H2,1-2H3,(H,20,21)(H,22,24). The number of carbonyl (C=O) groups is 1. The SMILES string of the molecule is CC(C)C(NC(=O)CSc1ccc([N+](=O)[O-])cc1)c1nc2ccccc2[nH]1. The second-order valence-electron chi connectivity index (χ2n) is 6.47. The highest BCUT2D eigenvalue weighted by Gasteiger charge is 2.21. The Labute approximate surface area is 160 Å². The second-order valence-corrected chi connectivity index (χ2v) is 7.52. The van der Waals surface area contributed by atoms with Crippen molar-refractivity contribution in [3.8, 4) is 0 Å². The third kappa shape index (κ3) is 4.65. The molecule has 3 rings (SSSR count). The number of para-hydroxylation sites is 2. The number of thioether (sulfide) groups is 1. The Kier molecular flexibility index (Phi) is 5.75. The summed E-state index contributed by atoms with van der Waals surface area (Å²) >= 11 is 1.34. The van der Waals surface area contributed by atoms with Gasteiger partial charge in [-0.1, -0.05) is 26.0 Å². The first-order chi connectivity index (χ1) is 12.9. The lowest BCUT2D eigenvalue weighted by atomic mass is 10.0. The molecule has 2 aromatic carbocycles. The molecule has 3 aromatic rings. The Hall–Kier alpha value is -2.87. The van der Waals surface area contributed by atoms with Crippen LogP contribution in [0.1, 0.15) is 25.7 Å². The monoisotopic (exact) mass is 384 g/mol. The van der Waals surface area contributed by atoms with Crippen LogP contribution in [0.15, 0.2) is 53.4 Å². The van der Waals surface area contributed by atoms with Gasteiger partial charge in [-0.2, -0.15) is 0 Å². The Balaban J connectivity index is 1.64. The van der Waals surface area contributed by atoms with Crippen LogP contribution in [0.25, 0.3) is 11.0 Å². The predicted octanol–water partition coefficient (Wildman–Crippen LogP) is 4.08. The molecular formula is C19H20N4O3S. The van der Waals surface area contributed by atoms with Crippen molar-refractivity contribution in [2.24, 2.45) is 5.92 Å². The topological polar surface area (TPSA) is 101 Å². The lowest BCUT2D eigenvalue weighted by molar-refractivity contribution is -0.384. The van der Waals surface area contributed by atoms with Crippen LogP contribution in [0.5, 0.6) is 0 Å². The molecule has 1 heterocycles. The van der Waals surface area contributed by atoms with E-state index in [1.165, 1.54) is 23.9 Å². The number of nitrogens with one attached hydrogen (secondary N) is 2. The van der Waals surface area contributed by atoms with E-state index in [1.54, 1.807) is 12.1 Å². The van der Waals surface area contributed by atoms with E-state index < -0.39 is 4.92 Å². The van der Waals surface area contributed by atoms with Crippen molar-refractivity contribution in [1.82, 2.24) is 15.3 Å². The number of H-pyrrole nitrogens is 1. The van der Waals surface area contributed by atoms with E-state index in [9.17, 15) is 14.9 Å². The summed E-state index contributed by atoms with van der Waals surface area (Å²) in [5, 5.41) is 13.7. The number of hydrogen-bond acceptors (Lipinski definition) is 5. The number of imidazole rings is 1. The largest absolute Gasteiger partial charge is 0.345 e. The molecule has 8 heteroatoms. The van der Waals surface area contributed by atoms with E-state index in [1.807, 2.05) is 38.1 Å². The van der Waals surface area contributed by atoms with Gasteiger partial charge in [0.1, 0.15) is 5.82 Å². The van der Waals surface area contributed by atoms with Gasteiger partial charge < -0.3 is 10.3 Å². The van der Waals surface area contributed by atoms with Gasteiger partial charge in [0.25, 0.3) is 5.69 Å². The summed E-state index contributed by atoms with van der Waals surface area (Å²) in [6.45, 7) is 4.06. The van der Waals surface area contributed by atoms with Crippen molar-refractivity contribution in [3.63, 3.8) is 0 Å². The Morgan fingerprint density at radius 3 is 2.56 bits per heavy atom. The molecule has 0 saturated heterocycles. The van der Waals surface area contributed by atoms with Crippen molar-refractivity contribution in [1.29, 1.82) is 0 Å². The molecule has 1 amide bonds. The minimum atomic E-state index is -0.443. The summed E-state index contributed by atoms with van der Waals surface area (Å²) in [5.74, 6) is 1.01. The highest BCUT2D eigenvalue weighted by molar-refractivity contribution is 8.00. The fraction of sp³-hybridized carbons (Fsp3) is 0.263. The van der Waals surface area contributed by atoms with E-state index in [4.69, 9.17) is 0 Å². The molecule has 0 radical (unpaired) electrons. The maximum atomic E-state index is 12.4. The van der Waals surface area contributed by atoms with Crippen LogP contribution < -0.4 is 5.32 Å². The van der Waals surface area contributed by atoms with Crippen molar-refractivity contribution in [2.75, 3.05) is 5.75 Å². The van der Waals surface area contributed by atoms with Crippen LogP contribution in [-0.2, 0) is 4.79 Å². The zero-order chi connectivity index (χ0) is 19.4. The summed E-state index contributed by atoms with van der Waals surface area (Å²) in [5.41, 5.74) is 1.84. The number of nitrogens with zero attached hydrogens (tertiary/aromatic N) is 2. The molecule has 0 aliphatic heterocycles. The number of nitro groups is 1. The number of rotatable bonds is 7. The summed E-state index contributed by atoms with van der Waals surface area (Å²) < 4.78 is 0. The van der Waals surface area contributed by atoms with Crippen LogP contribution in [0.3, 0.4) is 0 Å². The number of aromatic amines is 1. The number of non-ortho nitro benzene ring substituents is 1. The number of aromatic nitrogens is 2. The number of amides is 1. The zero-order valence-electron chi connectivity index (χ0n) is 15.0. The molecule has 27 heavy (non-hydrogen) atoms. The lowest BCUT2D eigenvalue weighted by Crippen LogP contribution is -2.33. The van der Waals surface area contributed by atoms with Gasteiger partial charge in [-0.05, 0) is 30.2 Å². The van der Waals surface area contributed by atoms with Gasteiger partial charge in [-0.15, -0.1) is 11.8 Å². The molecule has 2 N–H and O–H groups in total.